The molecule has 162 valence electrons. The predicted octanol–water partition coefficient (Wildman–Crippen LogP) is 2.16. The van der Waals surface area contributed by atoms with Crippen molar-refractivity contribution in [3.63, 3.8) is 0 Å². The van der Waals surface area contributed by atoms with Crippen LogP contribution in [0.15, 0.2) is 53.4 Å². The molecule has 1 fully saturated rings. The number of morpholine rings is 1. The summed E-state index contributed by atoms with van der Waals surface area (Å²) in [5.41, 5.74) is 3.17. The van der Waals surface area contributed by atoms with Crippen LogP contribution in [-0.2, 0) is 26.1 Å². The summed E-state index contributed by atoms with van der Waals surface area (Å²) >= 11 is 0. The summed E-state index contributed by atoms with van der Waals surface area (Å²) in [5.74, 6) is -0.113. The molecule has 3 rings (SSSR count). The lowest BCUT2D eigenvalue weighted by molar-refractivity contribution is -0.130. The van der Waals surface area contributed by atoms with Crippen LogP contribution in [0.2, 0.25) is 0 Å². The minimum absolute atomic E-state index is 0.0600. The van der Waals surface area contributed by atoms with Gasteiger partial charge in [0.2, 0.25) is 15.9 Å². The van der Waals surface area contributed by atoms with Crippen molar-refractivity contribution in [2.45, 2.75) is 24.8 Å². The van der Waals surface area contributed by atoms with Crippen LogP contribution in [0.4, 0.5) is 5.69 Å². The molecule has 0 radical (unpaired) electrons. The van der Waals surface area contributed by atoms with Crippen molar-refractivity contribution in [2.24, 2.45) is 0 Å². The number of hydrogen-bond acceptors (Lipinski definition) is 5. The van der Waals surface area contributed by atoms with E-state index in [1.54, 1.807) is 36.2 Å². The van der Waals surface area contributed by atoms with Gasteiger partial charge in [-0.25, -0.2) is 13.1 Å². The molecule has 1 aliphatic rings. The molecular formula is C22H29N3O4S. The van der Waals surface area contributed by atoms with Gasteiger partial charge in [0.1, 0.15) is 0 Å². The molecule has 0 bridgehead atoms. The van der Waals surface area contributed by atoms with Crippen molar-refractivity contribution in [3.05, 3.63) is 59.7 Å². The number of anilines is 1. The van der Waals surface area contributed by atoms with E-state index < -0.39 is 10.0 Å². The summed E-state index contributed by atoms with van der Waals surface area (Å²) in [6.07, 6.45) is 0.0985. The van der Waals surface area contributed by atoms with Crippen molar-refractivity contribution in [1.82, 2.24) is 9.62 Å². The molecule has 2 aromatic rings. The zero-order valence-electron chi connectivity index (χ0n) is 17.5. The van der Waals surface area contributed by atoms with E-state index in [0.29, 0.717) is 19.8 Å². The van der Waals surface area contributed by atoms with Gasteiger partial charge in [0.25, 0.3) is 0 Å². The van der Waals surface area contributed by atoms with E-state index in [2.05, 4.69) is 15.7 Å². The largest absolute Gasteiger partial charge is 0.378 e. The summed E-state index contributed by atoms with van der Waals surface area (Å²) < 4.78 is 32.6. The number of amides is 1. The maximum absolute atomic E-state index is 12.6. The van der Waals surface area contributed by atoms with Gasteiger partial charge >= 0.3 is 0 Å². The highest BCUT2D eigenvalue weighted by Crippen LogP contribution is 2.23. The Labute approximate surface area is 178 Å². The van der Waals surface area contributed by atoms with Crippen LogP contribution in [0.1, 0.15) is 17.5 Å². The summed E-state index contributed by atoms with van der Waals surface area (Å²) in [4.78, 5) is 16.7. The van der Waals surface area contributed by atoms with Crippen LogP contribution in [0, 0.1) is 6.92 Å². The summed E-state index contributed by atoms with van der Waals surface area (Å²) in [7, 11) is -1.87. The molecule has 1 aliphatic heterocycles. The standard InChI is InChI=1S/C22H29N3O4S/c1-18-7-9-20(10-8-18)30(27,28)23-12-11-22(26)24(2)17-19-5-3-4-6-21(19)25-13-15-29-16-14-25/h3-10,23H,11-17H2,1-2H3. The molecule has 0 aliphatic carbocycles. The summed E-state index contributed by atoms with van der Waals surface area (Å²) in [6, 6.07) is 14.7. The second-order valence-corrected chi connectivity index (χ2v) is 9.21. The average Bonchev–Trinajstić information content (AvgIpc) is 2.75. The number of rotatable bonds is 8. The van der Waals surface area contributed by atoms with Crippen LogP contribution in [0.25, 0.3) is 0 Å². The minimum atomic E-state index is -3.62. The molecule has 2 aromatic carbocycles. The Morgan fingerprint density at radius 3 is 2.47 bits per heavy atom. The van der Waals surface area contributed by atoms with Gasteiger partial charge in [-0.2, -0.15) is 0 Å². The van der Waals surface area contributed by atoms with Crippen molar-refractivity contribution < 1.29 is 17.9 Å². The first-order chi connectivity index (χ1) is 14.4. The van der Waals surface area contributed by atoms with E-state index in [9.17, 15) is 13.2 Å². The van der Waals surface area contributed by atoms with E-state index in [0.717, 1.165) is 29.9 Å². The quantitative estimate of drug-likeness (QED) is 0.693. The summed E-state index contributed by atoms with van der Waals surface area (Å²) in [6.45, 7) is 5.48. The third-order valence-electron chi connectivity index (χ3n) is 5.14. The number of para-hydroxylation sites is 1. The fourth-order valence-corrected chi connectivity index (χ4v) is 4.42. The molecule has 0 atom stereocenters. The third kappa shape index (κ3) is 5.81. The highest BCUT2D eigenvalue weighted by Gasteiger charge is 2.18. The topological polar surface area (TPSA) is 79.0 Å². The number of hydrogen-bond donors (Lipinski definition) is 1. The van der Waals surface area contributed by atoms with E-state index in [1.807, 2.05) is 25.1 Å². The molecule has 1 heterocycles. The second kappa shape index (κ2) is 10.1. The van der Waals surface area contributed by atoms with E-state index in [-0.39, 0.29) is 23.8 Å². The first kappa shape index (κ1) is 22.3. The average molecular weight is 432 g/mol. The number of carbonyl (C=O) groups is 1. The van der Waals surface area contributed by atoms with E-state index in [4.69, 9.17) is 4.74 Å². The lowest BCUT2D eigenvalue weighted by atomic mass is 10.1. The van der Waals surface area contributed by atoms with Gasteiger partial charge in [-0.05, 0) is 30.7 Å². The SMILES string of the molecule is Cc1ccc(S(=O)(=O)NCCC(=O)N(C)Cc2ccccc2N2CCOCC2)cc1. The number of nitrogens with zero attached hydrogens (tertiary/aromatic N) is 2. The minimum Gasteiger partial charge on any atom is -0.378 e. The maximum atomic E-state index is 12.6. The van der Waals surface area contributed by atoms with Gasteiger partial charge < -0.3 is 14.5 Å². The zero-order chi connectivity index (χ0) is 21.6. The fourth-order valence-electron chi connectivity index (χ4n) is 3.38. The lowest BCUT2D eigenvalue weighted by Crippen LogP contribution is -2.37. The maximum Gasteiger partial charge on any atom is 0.240 e. The van der Waals surface area contributed by atoms with Crippen LogP contribution < -0.4 is 9.62 Å². The number of ether oxygens (including phenoxy) is 1. The Hall–Kier alpha value is -2.42. The lowest BCUT2D eigenvalue weighted by Gasteiger charge is -2.31. The molecule has 0 unspecified atom stereocenters. The fraction of sp³-hybridized carbons (Fsp3) is 0.409. The van der Waals surface area contributed by atoms with Crippen LogP contribution in [-0.4, -0.2) is 59.1 Å². The van der Waals surface area contributed by atoms with Crippen LogP contribution in [0.5, 0.6) is 0 Å². The summed E-state index contributed by atoms with van der Waals surface area (Å²) in [5, 5.41) is 0. The third-order valence-corrected chi connectivity index (χ3v) is 6.62. The molecule has 0 saturated carbocycles. The Bertz CT molecular complexity index is 955. The zero-order valence-corrected chi connectivity index (χ0v) is 18.3. The first-order valence-corrected chi connectivity index (χ1v) is 11.6. The van der Waals surface area contributed by atoms with Gasteiger partial charge in [-0.1, -0.05) is 35.9 Å². The molecule has 7 nitrogen and oxygen atoms in total. The Morgan fingerprint density at radius 1 is 1.10 bits per heavy atom. The van der Waals surface area contributed by atoms with Crippen molar-refractivity contribution in [3.8, 4) is 0 Å². The van der Waals surface area contributed by atoms with E-state index >= 15 is 0 Å². The molecule has 1 saturated heterocycles. The smallest absolute Gasteiger partial charge is 0.240 e. The van der Waals surface area contributed by atoms with Gasteiger partial charge in [-0.15, -0.1) is 0 Å². The Kier molecular flexibility index (Phi) is 7.47. The molecule has 1 N–H and O–H groups in total. The van der Waals surface area contributed by atoms with Crippen LogP contribution >= 0.6 is 0 Å². The molecule has 0 spiro atoms. The number of carbonyl (C=O) groups excluding carboxylic acids is 1. The Balaban J connectivity index is 1.55. The number of aryl methyl sites for hydroxylation is 1. The van der Waals surface area contributed by atoms with Crippen molar-refractivity contribution in [1.29, 1.82) is 0 Å². The monoisotopic (exact) mass is 431 g/mol. The van der Waals surface area contributed by atoms with Gasteiger partial charge in [0.05, 0.1) is 18.1 Å². The second-order valence-electron chi connectivity index (χ2n) is 7.44. The molecule has 8 heteroatoms. The normalized spacial score (nSPS) is 14.5. The molecule has 1 amide bonds. The first-order valence-electron chi connectivity index (χ1n) is 10.1. The number of nitrogens with one attached hydrogen (secondary N) is 1. The van der Waals surface area contributed by atoms with Gasteiger partial charge in [-0.3, -0.25) is 4.79 Å². The number of sulfonamides is 1. The molecular weight excluding hydrogens is 402 g/mol. The van der Waals surface area contributed by atoms with Crippen molar-refractivity contribution in [2.75, 3.05) is 44.8 Å². The highest BCUT2D eigenvalue weighted by atomic mass is 32.2. The van der Waals surface area contributed by atoms with Gasteiger partial charge in [0, 0.05) is 45.3 Å². The van der Waals surface area contributed by atoms with Crippen molar-refractivity contribution >= 4 is 21.6 Å². The van der Waals surface area contributed by atoms with Gasteiger partial charge in [0.15, 0.2) is 0 Å². The molecule has 0 aromatic heterocycles. The number of benzene rings is 2. The molecule has 30 heavy (non-hydrogen) atoms. The van der Waals surface area contributed by atoms with Crippen LogP contribution in [0.3, 0.4) is 0 Å². The predicted molar refractivity (Wildman–Crippen MR) is 117 cm³/mol. The highest BCUT2D eigenvalue weighted by molar-refractivity contribution is 7.89. The Morgan fingerprint density at radius 2 is 1.77 bits per heavy atom. The van der Waals surface area contributed by atoms with E-state index in [1.165, 1.54) is 0 Å².